The van der Waals surface area contributed by atoms with Gasteiger partial charge in [-0.1, -0.05) is 18.2 Å². The summed E-state index contributed by atoms with van der Waals surface area (Å²) in [6, 6.07) is 8.33. The van der Waals surface area contributed by atoms with E-state index in [0.29, 0.717) is 0 Å². The molecule has 0 aliphatic carbocycles. The number of benzene rings is 1. The van der Waals surface area contributed by atoms with Gasteiger partial charge in [0.05, 0.1) is 11.4 Å². The monoisotopic (exact) mass is 293 g/mol. The van der Waals surface area contributed by atoms with E-state index in [4.69, 9.17) is 0 Å². The molecule has 7 heteroatoms. The summed E-state index contributed by atoms with van der Waals surface area (Å²) in [5, 5.41) is 1.90. The van der Waals surface area contributed by atoms with Crippen molar-refractivity contribution < 1.29 is 8.42 Å². The van der Waals surface area contributed by atoms with Crippen molar-refractivity contribution in [1.29, 1.82) is 0 Å². The molecule has 5 nitrogen and oxygen atoms in total. The smallest absolute Gasteiger partial charge is 0.240 e. The first-order valence-corrected chi connectivity index (χ1v) is 7.97. The molecule has 1 aromatic carbocycles. The molecule has 19 heavy (non-hydrogen) atoms. The Bertz CT molecular complexity index is 791. The quantitative estimate of drug-likeness (QED) is 0.799. The van der Waals surface area contributed by atoms with Gasteiger partial charge in [-0.25, -0.2) is 18.1 Å². The molecule has 0 aliphatic rings. The number of rotatable bonds is 4. The number of nitrogens with one attached hydrogen (secondary N) is 1. The number of aromatic nitrogens is 2. The van der Waals surface area contributed by atoms with Crippen molar-refractivity contribution in [2.75, 3.05) is 0 Å². The second kappa shape index (κ2) is 4.76. The van der Waals surface area contributed by atoms with Gasteiger partial charge in [0.1, 0.15) is 0 Å². The number of nitrogens with zero attached hydrogens (tertiary/aromatic N) is 2. The van der Waals surface area contributed by atoms with E-state index < -0.39 is 10.0 Å². The topological polar surface area (TPSA) is 63.5 Å². The summed E-state index contributed by atoms with van der Waals surface area (Å²) in [7, 11) is -3.47. The van der Waals surface area contributed by atoms with Crippen LogP contribution < -0.4 is 4.72 Å². The normalized spacial score (nSPS) is 12.0. The van der Waals surface area contributed by atoms with Crippen molar-refractivity contribution in [2.24, 2.45) is 0 Å². The van der Waals surface area contributed by atoms with Crippen molar-refractivity contribution in [3.8, 4) is 0 Å². The molecular weight excluding hydrogens is 282 g/mol. The minimum Gasteiger partial charge on any atom is -0.293 e. The molecule has 3 aromatic rings. The molecule has 0 atom stereocenters. The molecule has 0 bridgehead atoms. The molecular formula is C12H11N3O2S2. The molecule has 0 fully saturated rings. The molecule has 98 valence electrons. The van der Waals surface area contributed by atoms with Crippen LogP contribution in [-0.2, 0) is 16.6 Å². The standard InChI is InChI=1S/C12H11N3O2S2/c16-19(17,11-4-2-1-3-5-11)14-8-10-9-18-12-13-6-7-15(10)12/h1-7,9,14H,8H2. The van der Waals surface area contributed by atoms with Gasteiger partial charge in [-0.15, -0.1) is 11.3 Å². The van der Waals surface area contributed by atoms with E-state index in [9.17, 15) is 8.42 Å². The summed E-state index contributed by atoms with van der Waals surface area (Å²) in [4.78, 5) is 5.27. The number of thiazole rings is 1. The lowest BCUT2D eigenvalue weighted by Gasteiger charge is -2.05. The van der Waals surface area contributed by atoms with Gasteiger partial charge < -0.3 is 0 Å². The van der Waals surface area contributed by atoms with E-state index >= 15 is 0 Å². The predicted octanol–water partition coefficient (Wildman–Crippen LogP) is 1.87. The maximum Gasteiger partial charge on any atom is 0.240 e. The van der Waals surface area contributed by atoms with Crippen LogP contribution in [-0.4, -0.2) is 17.8 Å². The predicted molar refractivity (Wildman–Crippen MR) is 73.5 cm³/mol. The number of fused-ring (bicyclic) bond motifs is 1. The summed E-state index contributed by atoms with van der Waals surface area (Å²) in [6.45, 7) is 0.244. The Morgan fingerprint density at radius 3 is 2.84 bits per heavy atom. The molecule has 1 N–H and O–H groups in total. The second-order valence-electron chi connectivity index (χ2n) is 3.94. The Morgan fingerprint density at radius 2 is 2.05 bits per heavy atom. The lowest BCUT2D eigenvalue weighted by atomic mass is 10.4. The van der Waals surface area contributed by atoms with Crippen LogP contribution in [0.15, 0.2) is 53.0 Å². The number of hydrogen-bond acceptors (Lipinski definition) is 4. The van der Waals surface area contributed by atoms with Crippen LogP contribution in [0.25, 0.3) is 4.96 Å². The molecule has 0 aliphatic heterocycles. The van der Waals surface area contributed by atoms with Crippen molar-refractivity contribution >= 4 is 26.3 Å². The molecule has 0 saturated heterocycles. The zero-order valence-corrected chi connectivity index (χ0v) is 11.5. The van der Waals surface area contributed by atoms with E-state index in [1.807, 2.05) is 16.0 Å². The molecule has 2 aromatic heterocycles. The highest BCUT2D eigenvalue weighted by Gasteiger charge is 2.14. The highest BCUT2D eigenvalue weighted by Crippen LogP contribution is 2.15. The highest BCUT2D eigenvalue weighted by atomic mass is 32.2. The molecule has 0 radical (unpaired) electrons. The Hall–Kier alpha value is -1.70. The molecule has 3 rings (SSSR count). The third kappa shape index (κ3) is 2.40. The maximum absolute atomic E-state index is 12.1. The van der Waals surface area contributed by atoms with Crippen molar-refractivity contribution in [1.82, 2.24) is 14.1 Å². The van der Waals surface area contributed by atoms with Gasteiger partial charge in [-0.3, -0.25) is 4.40 Å². The van der Waals surface area contributed by atoms with E-state index in [1.165, 1.54) is 11.3 Å². The van der Waals surface area contributed by atoms with Gasteiger partial charge in [0.15, 0.2) is 4.96 Å². The van der Waals surface area contributed by atoms with Gasteiger partial charge in [0, 0.05) is 23.5 Å². The zero-order chi connectivity index (χ0) is 13.3. The molecule has 0 unspecified atom stereocenters. The Labute approximate surface area is 114 Å². The number of sulfonamides is 1. The van der Waals surface area contributed by atoms with Crippen LogP contribution in [0.3, 0.4) is 0 Å². The lowest BCUT2D eigenvalue weighted by Crippen LogP contribution is -2.23. The van der Waals surface area contributed by atoms with Gasteiger partial charge in [0.2, 0.25) is 10.0 Å². The Kier molecular flexibility index (Phi) is 3.09. The largest absolute Gasteiger partial charge is 0.293 e. The van der Waals surface area contributed by atoms with Crippen LogP contribution in [0, 0.1) is 0 Å². The highest BCUT2D eigenvalue weighted by molar-refractivity contribution is 7.89. The Morgan fingerprint density at radius 1 is 1.26 bits per heavy atom. The first kappa shape index (κ1) is 12.3. The van der Waals surface area contributed by atoms with Gasteiger partial charge in [-0.2, -0.15) is 0 Å². The van der Waals surface area contributed by atoms with Crippen LogP contribution in [0.1, 0.15) is 5.69 Å². The molecule has 2 heterocycles. The van der Waals surface area contributed by atoms with Crippen molar-refractivity contribution in [3.63, 3.8) is 0 Å². The Balaban J connectivity index is 1.81. The van der Waals surface area contributed by atoms with E-state index in [0.717, 1.165) is 10.7 Å². The van der Waals surface area contributed by atoms with E-state index in [-0.39, 0.29) is 11.4 Å². The zero-order valence-electron chi connectivity index (χ0n) is 9.85. The fraction of sp³-hybridized carbons (Fsp3) is 0.0833. The lowest BCUT2D eigenvalue weighted by molar-refractivity contribution is 0.580. The molecule has 0 amide bonds. The average Bonchev–Trinajstić information content (AvgIpc) is 3.01. The SMILES string of the molecule is O=S(=O)(NCc1csc2nccn12)c1ccccc1. The first-order chi connectivity index (χ1) is 9.17. The third-order valence-electron chi connectivity index (χ3n) is 2.71. The summed E-state index contributed by atoms with van der Waals surface area (Å²) < 4.78 is 28.6. The molecule has 0 spiro atoms. The second-order valence-corrected chi connectivity index (χ2v) is 6.55. The van der Waals surface area contributed by atoms with Crippen LogP contribution in [0.4, 0.5) is 0 Å². The minimum absolute atomic E-state index is 0.244. The maximum atomic E-state index is 12.1. The van der Waals surface area contributed by atoms with E-state index in [2.05, 4.69) is 9.71 Å². The van der Waals surface area contributed by atoms with Crippen LogP contribution in [0.2, 0.25) is 0 Å². The summed E-state index contributed by atoms with van der Waals surface area (Å²) in [5.41, 5.74) is 0.872. The van der Waals surface area contributed by atoms with E-state index in [1.54, 1.807) is 36.5 Å². The summed E-state index contributed by atoms with van der Waals surface area (Å²) in [6.07, 6.45) is 3.51. The summed E-state index contributed by atoms with van der Waals surface area (Å²) in [5.74, 6) is 0. The summed E-state index contributed by atoms with van der Waals surface area (Å²) >= 11 is 1.48. The van der Waals surface area contributed by atoms with Crippen molar-refractivity contribution in [2.45, 2.75) is 11.4 Å². The molecule has 0 saturated carbocycles. The average molecular weight is 293 g/mol. The van der Waals surface area contributed by atoms with Crippen LogP contribution >= 0.6 is 11.3 Å². The fourth-order valence-corrected chi connectivity index (χ4v) is 3.62. The van der Waals surface area contributed by atoms with Crippen molar-refractivity contribution in [3.05, 3.63) is 53.8 Å². The number of imidazole rings is 1. The van der Waals surface area contributed by atoms with Gasteiger partial charge >= 0.3 is 0 Å². The fourth-order valence-electron chi connectivity index (χ4n) is 1.75. The van der Waals surface area contributed by atoms with Gasteiger partial charge in [-0.05, 0) is 12.1 Å². The number of hydrogen-bond donors (Lipinski definition) is 1. The first-order valence-electron chi connectivity index (χ1n) is 5.61. The van der Waals surface area contributed by atoms with Gasteiger partial charge in [0.25, 0.3) is 0 Å². The minimum atomic E-state index is -3.47. The van der Waals surface area contributed by atoms with Crippen LogP contribution in [0.5, 0.6) is 0 Å². The third-order valence-corrected chi connectivity index (χ3v) is 5.03.